The van der Waals surface area contributed by atoms with E-state index in [9.17, 15) is 9.59 Å². The Balaban J connectivity index is 1.97. The number of Topliss-reactive ketones (excluding diaryl/α,β-unsaturated/α-hetero) is 1. The van der Waals surface area contributed by atoms with Crippen molar-refractivity contribution in [1.82, 2.24) is 0 Å². The third kappa shape index (κ3) is 2.29. The van der Waals surface area contributed by atoms with Crippen molar-refractivity contribution in [2.75, 3.05) is 11.1 Å². The Morgan fingerprint density at radius 1 is 0.955 bits per heavy atom. The Hall–Kier alpha value is -2.88. The molecule has 2 aromatic carbocycles. The zero-order valence-corrected chi connectivity index (χ0v) is 12.4. The first kappa shape index (κ1) is 14.1. The molecule has 0 atom stereocenters. The van der Waals surface area contributed by atoms with Crippen LogP contribution in [0.5, 0.6) is 0 Å². The third-order valence-corrected chi connectivity index (χ3v) is 3.83. The summed E-state index contributed by atoms with van der Waals surface area (Å²) in [5, 5.41) is 3.05. The van der Waals surface area contributed by atoms with Crippen LogP contribution in [0.2, 0.25) is 0 Å². The largest absolute Gasteiger partial charge is 0.398 e. The maximum atomic E-state index is 12.5. The number of rotatable bonds is 2. The minimum atomic E-state index is -0.178. The van der Waals surface area contributed by atoms with Crippen molar-refractivity contribution in [1.29, 1.82) is 0 Å². The van der Waals surface area contributed by atoms with E-state index in [-0.39, 0.29) is 17.3 Å². The fraction of sp³-hybridized carbons (Fsp3) is 0.111. The molecule has 0 fully saturated rings. The van der Waals surface area contributed by atoms with Crippen molar-refractivity contribution < 1.29 is 9.59 Å². The van der Waals surface area contributed by atoms with Crippen LogP contribution in [0.15, 0.2) is 48.2 Å². The minimum Gasteiger partial charge on any atom is -0.398 e. The molecule has 0 radical (unpaired) electrons. The predicted octanol–water partition coefficient (Wildman–Crippen LogP) is 3.26. The van der Waals surface area contributed by atoms with E-state index in [4.69, 9.17) is 5.73 Å². The molecule has 110 valence electrons. The van der Waals surface area contributed by atoms with Gasteiger partial charge in [-0.3, -0.25) is 9.59 Å². The summed E-state index contributed by atoms with van der Waals surface area (Å²) in [6.45, 7) is 3.82. The van der Waals surface area contributed by atoms with Crippen LogP contribution >= 0.6 is 0 Å². The lowest BCUT2D eigenvalue weighted by Gasteiger charge is -2.17. The first-order valence-electron chi connectivity index (χ1n) is 7.01. The SMILES string of the molecule is Cc1cc(NC2=CC(=O)c3ccccc3C2=O)cc(C)c1N. The van der Waals surface area contributed by atoms with Gasteiger partial charge in [0.05, 0.1) is 5.70 Å². The second-order valence-electron chi connectivity index (χ2n) is 5.45. The molecular weight excluding hydrogens is 276 g/mol. The topological polar surface area (TPSA) is 72.2 Å². The Morgan fingerprint density at radius 2 is 1.55 bits per heavy atom. The van der Waals surface area contributed by atoms with Gasteiger partial charge in [-0.15, -0.1) is 0 Å². The number of carbonyl (C=O) groups is 2. The van der Waals surface area contributed by atoms with Crippen LogP contribution in [0, 0.1) is 13.8 Å². The monoisotopic (exact) mass is 292 g/mol. The summed E-state index contributed by atoms with van der Waals surface area (Å²) >= 11 is 0. The van der Waals surface area contributed by atoms with Crippen molar-refractivity contribution in [3.63, 3.8) is 0 Å². The summed E-state index contributed by atoms with van der Waals surface area (Å²) in [6.07, 6.45) is 1.35. The molecule has 3 N–H and O–H groups in total. The molecule has 0 amide bonds. The number of nitrogens with one attached hydrogen (secondary N) is 1. The molecular formula is C18H16N2O2. The fourth-order valence-corrected chi connectivity index (χ4v) is 2.61. The summed E-state index contributed by atoms with van der Waals surface area (Å²) in [7, 11) is 0. The zero-order valence-electron chi connectivity index (χ0n) is 12.4. The van der Waals surface area contributed by atoms with Crippen molar-refractivity contribution in [3.8, 4) is 0 Å². The molecule has 4 nitrogen and oxygen atoms in total. The number of nitrogens with two attached hydrogens (primary N) is 1. The highest BCUT2D eigenvalue weighted by molar-refractivity contribution is 6.25. The number of anilines is 2. The maximum Gasteiger partial charge on any atom is 0.210 e. The molecule has 4 heteroatoms. The Kier molecular flexibility index (Phi) is 3.29. The van der Waals surface area contributed by atoms with Crippen molar-refractivity contribution >= 4 is 22.9 Å². The highest BCUT2D eigenvalue weighted by Crippen LogP contribution is 2.26. The van der Waals surface area contributed by atoms with Gasteiger partial charge in [0.15, 0.2) is 5.78 Å². The van der Waals surface area contributed by atoms with Crippen molar-refractivity contribution in [2.45, 2.75) is 13.8 Å². The van der Waals surface area contributed by atoms with Crippen LogP contribution in [-0.2, 0) is 0 Å². The summed E-state index contributed by atoms with van der Waals surface area (Å²) in [4.78, 5) is 24.6. The highest BCUT2D eigenvalue weighted by Gasteiger charge is 2.25. The van der Waals surface area contributed by atoms with E-state index in [0.717, 1.165) is 22.5 Å². The number of allylic oxidation sites excluding steroid dienone is 2. The van der Waals surface area contributed by atoms with E-state index in [1.165, 1.54) is 6.08 Å². The standard InChI is InChI=1S/C18H16N2O2/c1-10-7-12(8-11(2)17(10)19)20-15-9-16(21)13-5-3-4-6-14(13)18(15)22/h3-9,20H,19H2,1-2H3. The zero-order chi connectivity index (χ0) is 15.9. The van der Waals surface area contributed by atoms with Crippen molar-refractivity contribution in [2.24, 2.45) is 0 Å². The number of ketones is 2. The Bertz CT molecular complexity index is 812. The van der Waals surface area contributed by atoms with Crippen LogP contribution in [0.3, 0.4) is 0 Å². The van der Waals surface area contributed by atoms with Crippen LogP contribution in [-0.4, -0.2) is 11.6 Å². The number of aryl methyl sites for hydroxylation is 2. The van der Waals surface area contributed by atoms with Gasteiger partial charge in [0.25, 0.3) is 0 Å². The molecule has 0 unspecified atom stereocenters. The second kappa shape index (κ2) is 5.15. The highest BCUT2D eigenvalue weighted by atomic mass is 16.1. The van der Waals surface area contributed by atoms with E-state index in [0.29, 0.717) is 11.1 Å². The number of nitrogen functional groups attached to an aromatic ring is 1. The molecule has 0 bridgehead atoms. The van der Waals surface area contributed by atoms with Gasteiger partial charge in [-0.05, 0) is 37.1 Å². The number of hydrogen-bond acceptors (Lipinski definition) is 4. The van der Waals surface area contributed by atoms with E-state index in [1.807, 2.05) is 26.0 Å². The lowest BCUT2D eigenvalue weighted by Crippen LogP contribution is -2.21. The van der Waals surface area contributed by atoms with Gasteiger partial charge in [-0.1, -0.05) is 24.3 Å². The maximum absolute atomic E-state index is 12.5. The Morgan fingerprint density at radius 3 is 2.18 bits per heavy atom. The first-order chi connectivity index (χ1) is 10.5. The quantitative estimate of drug-likeness (QED) is 0.833. The summed E-state index contributed by atoms with van der Waals surface area (Å²) < 4.78 is 0. The normalized spacial score (nSPS) is 13.6. The lowest BCUT2D eigenvalue weighted by atomic mass is 9.92. The van der Waals surface area contributed by atoms with Gasteiger partial charge >= 0.3 is 0 Å². The lowest BCUT2D eigenvalue weighted by molar-refractivity contribution is 0.0985. The van der Waals surface area contributed by atoms with Crippen LogP contribution in [0.4, 0.5) is 11.4 Å². The van der Waals surface area contributed by atoms with E-state index in [2.05, 4.69) is 5.32 Å². The second-order valence-corrected chi connectivity index (χ2v) is 5.45. The number of fused-ring (bicyclic) bond motifs is 1. The Labute approximate surface area is 128 Å². The van der Waals surface area contributed by atoms with Crippen LogP contribution in [0.1, 0.15) is 31.8 Å². The van der Waals surface area contributed by atoms with Crippen molar-refractivity contribution in [3.05, 3.63) is 70.4 Å². The van der Waals surface area contributed by atoms with Gasteiger partial charge in [0, 0.05) is 28.6 Å². The average molecular weight is 292 g/mol. The molecule has 1 aliphatic carbocycles. The first-order valence-corrected chi connectivity index (χ1v) is 7.01. The van der Waals surface area contributed by atoms with Crippen LogP contribution in [0.25, 0.3) is 0 Å². The summed E-state index contributed by atoms with van der Waals surface area (Å²) in [5.41, 5.74) is 10.4. The molecule has 0 saturated heterocycles. The number of benzene rings is 2. The molecule has 0 aliphatic heterocycles. The smallest absolute Gasteiger partial charge is 0.210 e. The third-order valence-electron chi connectivity index (χ3n) is 3.83. The average Bonchev–Trinajstić information content (AvgIpc) is 2.50. The van der Waals surface area contributed by atoms with Gasteiger partial charge in [-0.25, -0.2) is 0 Å². The van der Waals surface area contributed by atoms with Crippen LogP contribution < -0.4 is 11.1 Å². The molecule has 0 saturated carbocycles. The molecule has 0 heterocycles. The minimum absolute atomic E-state index is 0.165. The van der Waals surface area contributed by atoms with Gasteiger partial charge in [-0.2, -0.15) is 0 Å². The molecule has 0 spiro atoms. The van der Waals surface area contributed by atoms with E-state index >= 15 is 0 Å². The fourth-order valence-electron chi connectivity index (χ4n) is 2.61. The van der Waals surface area contributed by atoms with Gasteiger partial charge in [0.2, 0.25) is 5.78 Å². The summed E-state index contributed by atoms with van der Waals surface area (Å²) in [5.74, 6) is -0.344. The van der Waals surface area contributed by atoms with Gasteiger partial charge < -0.3 is 11.1 Å². The molecule has 22 heavy (non-hydrogen) atoms. The summed E-state index contributed by atoms with van der Waals surface area (Å²) in [6, 6.07) is 10.6. The molecule has 0 aromatic heterocycles. The molecule has 2 aromatic rings. The number of carbonyl (C=O) groups excluding carboxylic acids is 2. The van der Waals surface area contributed by atoms with E-state index in [1.54, 1.807) is 24.3 Å². The molecule has 3 rings (SSSR count). The predicted molar refractivity (Wildman–Crippen MR) is 87.1 cm³/mol. The van der Waals surface area contributed by atoms with Gasteiger partial charge in [0.1, 0.15) is 0 Å². The number of hydrogen-bond donors (Lipinski definition) is 2. The molecule has 1 aliphatic rings. The van der Waals surface area contributed by atoms with E-state index < -0.39 is 0 Å².